The first-order valence-electron chi connectivity index (χ1n) is 7.40. The molecule has 3 rings (SSSR count). The van der Waals surface area contributed by atoms with Crippen LogP contribution in [0.5, 0.6) is 0 Å². The molecule has 0 bridgehead atoms. The molecule has 1 saturated heterocycles. The lowest BCUT2D eigenvalue weighted by atomic mass is 9.71. The second kappa shape index (κ2) is 5.48. The Hall–Kier alpha value is -1.89. The van der Waals surface area contributed by atoms with E-state index in [1.807, 2.05) is 0 Å². The molecule has 1 aliphatic heterocycles. The molecule has 2 unspecified atom stereocenters. The molecule has 1 aromatic heterocycles. The molecule has 7 heteroatoms. The van der Waals surface area contributed by atoms with Crippen molar-refractivity contribution in [2.75, 3.05) is 18.0 Å². The molecular weight excluding hydrogens is 270 g/mol. The SMILES string of the molecule is NC(=NO)c1cnc(N2CCC3(O)CCCCC3C2)cn1. The van der Waals surface area contributed by atoms with Gasteiger partial charge in [0, 0.05) is 19.0 Å². The minimum Gasteiger partial charge on any atom is -0.409 e. The fraction of sp³-hybridized carbons (Fsp3) is 0.643. The number of hydrogen-bond donors (Lipinski definition) is 3. The van der Waals surface area contributed by atoms with Crippen LogP contribution in [0.25, 0.3) is 0 Å². The van der Waals surface area contributed by atoms with E-state index < -0.39 is 5.60 Å². The summed E-state index contributed by atoms with van der Waals surface area (Å²) in [5.74, 6) is 1.04. The van der Waals surface area contributed by atoms with Gasteiger partial charge in [-0.05, 0) is 19.3 Å². The van der Waals surface area contributed by atoms with Crippen LogP contribution in [0, 0.1) is 5.92 Å². The van der Waals surface area contributed by atoms with E-state index in [-0.39, 0.29) is 5.84 Å². The molecule has 2 atom stereocenters. The van der Waals surface area contributed by atoms with Crippen molar-refractivity contribution in [3.05, 3.63) is 18.1 Å². The molecule has 2 aliphatic rings. The molecule has 7 nitrogen and oxygen atoms in total. The topological polar surface area (TPSA) is 108 Å². The summed E-state index contributed by atoms with van der Waals surface area (Å²) >= 11 is 0. The summed E-state index contributed by atoms with van der Waals surface area (Å²) in [5, 5.41) is 22.2. The van der Waals surface area contributed by atoms with Gasteiger partial charge in [0.25, 0.3) is 0 Å². The number of nitrogens with two attached hydrogens (primary N) is 1. The van der Waals surface area contributed by atoms with Crippen molar-refractivity contribution in [2.45, 2.75) is 37.7 Å². The fourth-order valence-corrected chi connectivity index (χ4v) is 3.45. The van der Waals surface area contributed by atoms with Gasteiger partial charge in [-0.3, -0.25) is 0 Å². The van der Waals surface area contributed by atoms with Crippen molar-refractivity contribution < 1.29 is 10.3 Å². The second-order valence-corrected chi connectivity index (χ2v) is 5.99. The van der Waals surface area contributed by atoms with Crippen LogP contribution in [-0.2, 0) is 0 Å². The maximum absolute atomic E-state index is 10.7. The first kappa shape index (κ1) is 14.1. The van der Waals surface area contributed by atoms with E-state index in [9.17, 15) is 5.11 Å². The molecule has 0 radical (unpaired) electrons. The first-order chi connectivity index (χ1) is 10.1. The summed E-state index contributed by atoms with van der Waals surface area (Å²) in [6.45, 7) is 1.60. The van der Waals surface area contributed by atoms with E-state index in [0.29, 0.717) is 11.6 Å². The lowest BCUT2D eigenvalue weighted by Crippen LogP contribution is -2.53. The number of aliphatic hydroxyl groups is 1. The molecule has 0 amide bonds. The van der Waals surface area contributed by atoms with Gasteiger partial charge in [-0.2, -0.15) is 0 Å². The van der Waals surface area contributed by atoms with E-state index in [1.54, 1.807) is 6.20 Å². The second-order valence-electron chi connectivity index (χ2n) is 5.99. The van der Waals surface area contributed by atoms with E-state index in [1.165, 1.54) is 12.6 Å². The van der Waals surface area contributed by atoms with Crippen molar-refractivity contribution in [3.8, 4) is 0 Å². The van der Waals surface area contributed by atoms with Crippen LogP contribution in [0.4, 0.5) is 5.82 Å². The van der Waals surface area contributed by atoms with Crippen molar-refractivity contribution in [1.29, 1.82) is 0 Å². The van der Waals surface area contributed by atoms with E-state index in [2.05, 4.69) is 20.0 Å². The molecule has 2 fully saturated rings. The third-order valence-corrected chi connectivity index (χ3v) is 4.76. The van der Waals surface area contributed by atoms with Crippen molar-refractivity contribution >= 4 is 11.7 Å². The van der Waals surface area contributed by atoms with Crippen LogP contribution in [0.1, 0.15) is 37.8 Å². The highest BCUT2D eigenvalue weighted by molar-refractivity contribution is 5.94. The van der Waals surface area contributed by atoms with Crippen LogP contribution in [-0.4, -0.2) is 44.8 Å². The van der Waals surface area contributed by atoms with Gasteiger partial charge in [0.1, 0.15) is 11.5 Å². The van der Waals surface area contributed by atoms with Crippen LogP contribution in [0.3, 0.4) is 0 Å². The van der Waals surface area contributed by atoms with Crippen LogP contribution in [0.15, 0.2) is 17.5 Å². The van der Waals surface area contributed by atoms with Crippen molar-refractivity contribution in [2.24, 2.45) is 16.8 Å². The molecular formula is C14H21N5O2. The Morgan fingerprint density at radius 3 is 2.90 bits per heavy atom. The zero-order chi connectivity index (χ0) is 14.9. The molecule has 1 aliphatic carbocycles. The number of rotatable bonds is 2. The lowest BCUT2D eigenvalue weighted by molar-refractivity contribution is -0.0613. The Morgan fingerprint density at radius 1 is 1.33 bits per heavy atom. The Bertz CT molecular complexity index is 533. The monoisotopic (exact) mass is 291 g/mol. The summed E-state index contributed by atoms with van der Waals surface area (Å²) in [6.07, 6.45) is 8.23. The Kier molecular flexibility index (Phi) is 3.67. The van der Waals surface area contributed by atoms with Crippen molar-refractivity contribution in [3.63, 3.8) is 0 Å². The smallest absolute Gasteiger partial charge is 0.190 e. The number of aromatic nitrogens is 2. The number of amidine groups is 1. The molecule has 2 heterocycles. The summed E-state index contributed by atoms with van der Waals surface area (Å²) in [4.78, 5) is 10.7. The minimum absolute atomic E-state index is 0.0469. The Balaban J connectivity index is 1.73. The largest absolute Gasteiger partial charge is 0.409 e. The molecule has 1 aromatic rings. The molecule has 4 N–H and O–H groups in total. The average Bonchev–Trinajstić information content (AvgIpc) is 2.53. The number of oxime groups is 1. The van der Waals surface area contributed by atoms with Crippen LogP contribution < -0.4 is 10.6 Å². The minimum atomic E-state index is -0.490. The quantitative estimate of drug-likeness (QED) is 0.320. The first-order valence-corrected chi connectivity index (χ1v) is 7.40. The Labute approximate surface area is 123 Å². The van der Waals surface area contributed by atoms with Gasteiger partial charge in [0.2, 0.25) is 0 Å². The number of nitrogens with zero attached hydrogens (tertiary/aromatic N) is 4. The van der Waals surface area contributed by atoms with Crippen LogP contribution in [0.2, 0.25) is 0 Å². The average molecular weight is 291 g/mol. The lowest BCUT2D eigenvalue weighted by Gasteiger charge is -2.47. The molecule has 21 heavy (non-hydrogen) atoms. The molecule has 114 valence electrons. The van der Waals surface area contributed by atoms with E-state index in [0.717, 1.165) is 44.6 Å². The Morgan fingerprint density at radius 2 is 2.19 bits per heavy atom. The van der Waals surface area contributed by atoms with E-state index >= 15 is 0 Å². The molecule has 1 saturated carbocycles. The highest BCUT2D eigenvalue weighted by atomic mass is 16.4. The number of fused-ring (bicyclic) bond motifs is 1. The number of hydrogen-bond acceptors (Lipinski definition) is 6. The predicted molar refractivity (Wildman–Crippen MR) is 78.3 cm³/mol. The molecule has 0 spiro atoms. The molecule has 0 aromatic carbocycles. The summed E-state index contributed by atoms with van der Waals surface area (Å²) in [6, 6.07) is 0. The van der Waals surface area contributed by atoms with Gasteiger partial charge in [-0.1, -0.05) is 18.0 Å². The highest BCUT2D eigenvalue weighted by Gasteiger charge is 2.42. The van der Waals surface area contributed by atoms with Gasteiger partial charge in [-0.15, -0.1) is 0 Å². The third kappa shape index (κ3) is 2.65. The number of anilines is 1. The normalized spacial score (nSPS) is 30.0. The van der Waals surface area contributed by atoms with Gasteiger partial charge in [-0.25, -0.2) is 9.97 Å². The zero-order valence-electron chi connectivity index (χ0n) is 11.9. The zero-order valence-corrected chi connectivity index (χ0v) is 11.9. The van der Waals surface area contributed by atoms with Gasteiger partial charge >= 0.3 is 0 Å². The predicted octanol–water partition coefficient (Wildman–Crippen LogP) is 0.702. The van der Waals surface area contributed by atoms with Gasteiger partial charge < -0.3 is 20.9 Å². The van der Waals surface area contributed by atoms with Crippen molar-refractivity contribution in [1.82, 2.24) is 9.97 Å². The van der Waals surface area contributed by atoms with Gasteiger partial charge in [0.05, 0.1) is 18.0 Å². The fourth-order valence-electron chi connectivity index (χ4n) is 3.45. The maximum Gasteiger partial charge on any atom is 0.190 e. The highest BCUT2D eigenvalue weighted by Crippen LogP contribution is 2.40. The maximum atomic E-state index is 10.7. The number of piperidine rings is 1. The van der Waals surface area contributed by atoms with Crippen LogP contribution >= 0.6 is 0 Å². The summed E-state index contributed by atoms with van der Waals surface area (Å²) in [5.41, 5.74) is 5.34. The van der Waals surface area contributed by atoms with Gasteiger partial charge in [0.15, 0.2) is 5.84 Å². The summed E-state index contributed by atoms with van der Waals surface area (Å²) in [7, 11) is 0. The third-order valence-electron chi connectivity index (χ3n) is 4.76. The standard InChI is InChI=1S/C14H21N5O2/c15-13(18-21)11-7-17-12(8-16-11)19-6-5-14(20)4-2-1-3-10(14)9-19/h7-8,10,20-21H,1-6,9H2,(H2,15,18). The summed E-state index contributed by atoms with van der Waals surface area (Å²) < 4.78 is 0. The van der Waals surface area contributed by atoms with E-state index in [4.69, 9.17) is 10.9 Å².